The molecule has 2 N–H and O–H groups in total. The highest BCUT2D eigenvalue weighted by Crippen LogP contribution is 2.23. The van der Waals surface area contributed by atoms with Crippen molar-refractivity contribution < 1.29 is 22.7 Å². The third-order valence-electron chi connectivity index (χ3n) is 3.47. The average Bonchev–Trinajstić information content (AvgIpc) is 2.43. The van der Waals surface area contributed by atoms with E-state index < -0.39 is 12.4 Å². The van der Waals surface area contributed by atoms with Crippen LogP contribution in [0.3, 0.4) is 0 Å². The molecule has 22 heavy (non-hydrogen) atoms. The molecule has 0 spiro atoms. The van der Waals surface area contributed by atoms with E-state index in [-0.39, 0.29) is 24.1 Å². The van der Waals surface area contributed by atoms with Crippen molar-refractivity contribution in [3.63, 3.8) is 0 Å². The molecule has 0 fully saturated rings. The lowest BCUT2D eigenvalue weighted by Gasteiger charge is -2.24. The lowest BCUT2D eigenvalue weighted by Crippen LogP contribution is -2.45. The summed E-state index contributed by atoms with van der Waals surface area (Å²) in [6.07, 6.45) is -3.96. The maximum atomic E-state index is 12.2. The quantitative estimate of drug-likeness (QED) is 0.877. The lowest BCUT2D eigenvalue weighted by atomic mass is 9.99. The molecule has 0 aliphatic rings. The Hall–Kier alpha value is -1.76. The van der Waals surface area contributed by atoms with Gasteiger partial charge in [0.05, 0.1) is 6.04 Å². The van der Waals surface area contributed by atoms with E-state index in [9.17, 15) is 18.0 Å². The first-order valence-corrected chi connectivity index (χ1v) is 6.99. The number of amides is 1. The van der Waals surface area contributed by atoms with E-state index >= 15 is 0 Å². The van der Waals surface area contributed by atoms with Crippen LogP contribution in [0, 0.1) is 5.92 Å². The van der Waals surface area contributed by atoms with E-state index in [4.69, 9.17) is 5.73 Å². The standard InChI is InChI=1S/C15H21F3N2O2/c1-4-10(2)13(19)14(21)20(3)9-11-6-5-7-12(8-11)22-15(16,17)18/h5-8,10,13H,4,9,19H2,1-3H3. The van der Waals surface area contributed by atoms with Crippen molar-refractivity contribution in [2.75, 3.05) is 7.05 Å². The molecule has 0 saturated heterocycles. The second-order valence-electron chi connectivity index (χ2n) is 5.30. The molecular formula is C15H21F3N2O2. The first-order valence-electron chi connectivity index (χ1n) is 6.99. The van der Waals surface area contributed by atoms with Crippen LogP contribution >= 0.6 is 0 Å². The predicted molar refractivity (Wildman–Crippen MR) is 77.0 cm³/mol. The van der Waals surface area contributed by atoms with Crippen molar-refractivity contribution in [3.05, 3.63) is 29.8 Å². The average molecular weight is 318 g/mol. The molecule has 4 nitrogen and oxygen atoms in total. The van der Waals surface area contributed by atoms with Crippen LogP contribution in [0.2, 0.25) is 0 Å². The summed E-state index contributed by atoms with van der Waals surface area (Å²) in [5.41, 5.74) is 6.41. The fourth-order valence-corrected chi connectivity index (χ4v) is 1.94. The number of benzene rings is 1. The van der Waals surface area contributed by atoms with Crippen LogP contribution in [0.5, 0.6) is 5.75 Å². The Labute approximate surface area is 128 Å². The topological polar surface area (TPSA) is 55.6 Å². The third-order valence-corrected chi connectivity index (χ3v) is 3.47. The maximum absolute atomic E-state index is 12.2. The number of likely N-dealkylation sites (N-methyl/N-ethyl adjacent to an activating group) is 1. The molecule has 0 aromatic heterocycles. The van der Waals surface area contributed by atoms with E-state index in [2.05, 4.69) is 4.74 Å². The number of hydrogen-bond acceptors (Lipinski definition) is 3. The Morgan fingerprint density at radius 3 is 2.59 bits per heavy atom. The number of alkyl halides is 3. The first kappa shape index (κ1) is 18.3. The largest absolute Gasteiger partial charge is 0.573 e. The summed E-state index contributed by atoms with van der Waals surface area (Å²) >= 11 is 0. The summed E-state index contributed by atoms with van der Waals surface area (Å²) in [5.74, 6) is -0.511. The minimum atomic E-state index is -4.74. The summed E-state index contributed by atoms with van der Waals surface area (Å²) in [6.45, 7) is 3.99. The maximum Gasteiger partial charge on any atom is 0.573 e. The zero-order valence-corrected chi connectivity index (χ0v) is 12.9. The molecule has 0 radical (unpaired) electrons. The molecule has 0 saturated carbocycles. The highest BCUT2D eigenvalue weighted by atomic mass is 19.4. The highest BCUT2D eigenvalue weighted by molar-refractivity contribution is 5.81. The zero-order valence-electron chi connectivity index (χ0n) is 12.9. The van der Waals surface area contributed by atoms with Gasteiger partial charge in [0.25, 0.3) is 0 Å². The summed E-state index contributed by atoms with van der Waals surface area (Å²) < 4.78 is 40.4. The Balaban J connectivity index is 2.74. The number of rotatable bonds is 6. The van der Waals surface area contributed by atoms with Crippen LogP contribution in [-0.2, 0) is 11.3 Å². The number of ether oxygens (including phenoxy) is 1. The number of nitrogens with zero attached hydrogens (tertiary/aromatic N) is 1. The van der Waals surface area contributed by atoms with Gasteiger partial charge in [0.2, 0.25) is 5.91 Å². The van der Waals surface area contributed by atoms with Gasteiger partial charge >= 0.3 is 6.36 Å². The van der Waals surface area contributed by atoms with Gasteiger partial charge in [-0.05, 0) is 23.6 Å². The molecule has 1 aromatic rings. The second kappa shape index (κ2) is 7.49. The van der Waals surface area contributed by atoms with Crippen LogP contribution in [0.1, 0.15) is 25.8 Å². The van der Waals surface area contributed by atoms with Gasteiger partial charge < -0.3 is 15.4 Å². The number of carbonyl (C=O) groups is 1. The van der Waals surface area contributed by atoms with Gasteiger partial charge in [-0.1, -0.05) is 32.4 Å². The smallest absolute Gasteiger partial charge is 0.406 e. The molecule has 0 aliphatic heterocycles. The van der Waals surface area contributed by atoms with Gasteiger partial charge in [-0.25, -0.2) is 0 Å². The molecule has 1 amide bonds. The lowest BCUT2D eigenvalue weighted by molar-refractivity contribution is -0.274. The summed E-state index contributed by atoms with van der Waals surface area (Å²) in [5, 5.41) is 0. The van der Waals surface area contributed by atoms with Gasteiger partial charge in [-0.2, -0.15) is 0 Å². The van der Waals surface area contributed by atoms with E-state index in [0.717, 1.165) is 6.42 Å². The van der Waals surface area contributed by atoms with Gasteiger partial charge in [-0.3, -0.25) is 4.79 Å². The minimum absolute atomic E-state index is 0.0369. The highest BCUT2D eigenvalue weighted by Gasteiger charge is 2.31. The fraction of sp³-hybridized carbons (Fsp3) is 0.533. The Morgan fingerprint density at radius 2 is 2.05 bits per heavy atom. The Kier molecular flexibility index (Phi) is 6.22. The Morgan fingerprint density at radius 1 is 1.41 bits per heavy atom. The molecule has 124 valence electrons. The molecule has 2 unspecified atom stereocenters. The van der Waals surface area contributed by atoms with Gasteiger partial charge in [0, 0.05) is 13.6 Å². The fourth-order valence-electron chi connectivity index (χ4n) is 1.94. The third kappa shape index (κ3) is 5.55. The summed E-state index contributed by atoms with van der Waals surface area (Å²) in [6, 6.07) is 4.92. The monoisotopic (exact) mass is 318 g/mol. The van der Waals surface area contributed by atoms with Gasteiger partial charge in [-0.15, -0.1) is 13.2 Å². The van der Waals surface area contributed by atoms with E-state index in [1.807, 2.05) is 13.8 Å². The molecule has 7 heteroatoms. The molecule has 0 bridgehead atoms. The number of halogens is 3. The van der Waals surface area contributed by atoms with Crippen LogP contribution in [0.25, 0.3) is 0 Å². The van der Waals surface area contributed by atoms with Crippen LogP contribution in [-0.4, -0.2) is 30.3 Å². The van der Waals surface area contributed by atoms with Crippen molar-refractivity contribution >= 4 is 5.91 Å². The second-order valence-corrected chi connectivity index (χ2v) is 5.30. The van der Waals surface area contributed by atoms with Crippen molar-refractivity contribution in [2.24, 2.45) is 11.7 Å². The molecule has 1 rings (SSSR count). The van der Waals surface area contributed by atoms with Crippen LogP contribution in [0.4, 0.5) is 13.2 Å². The summed E-state index contributed by atoms with van der Waals surface area (Å²) in [7, 11) is 1.57. The SMILES string of the molecule is CCC(C)C(N)C(=O)N(C)Cc1cccc(OC(F)(F)F)c1. The zero-order chi connectivity index (χ0) is 16.9. The van der Waals surface area contributed by atoms with E-state index in [1.165, 1.54) is 23.1 Å². The predicted octanol–water partition coefficient (Wildman–Crippen LogP) is 2.92. The number of nitrogens with two attached hydrogens (primary N) is 1. The van der Waals surface area contributed by atoms with Crippen molar-refractivity contribution in [1.82, 2.24) is 4.90 Å². The molecule has 1 aromatic carbocycles. The van der Waals surface area contributed by atoms with Gasteiger partial charge in [0.15, 0.2) is 0 Å². The number of hydrogen-bond donors (Lipinski definition) is 1. The van der Waals surface area contributed by atoms with Crippen LogP contribution < -0.4 is 10.5 Å². The van der Waals surface area contributed by atoms with Gasteiger partial charge in [0.1, 0.15) is 5.75 Å². The normalized spacial score (nSPS) is 14.3. The van der Waals surface area contributed by atoms with Crippen molar-refractivity contribution in [1.29, 1.82) is 0 Å². The number of carbonyl (C=O) groups excluding carboxylic acids is 1. The molecule has 0 aliphatic carbocycles. The Bertz CT molecular complexity index is 506. The molecular weight excluding hydrogens is 297 g/mol. The molecule has 2 atom stereocenters. The molecule has 0 heterocycles. The summed E-state index contributed by atoms with van der Waals surface area (Å²) in [4.78, 5) is 13.6. The van der Waals surface area contributed by atoms with Crippen molar-refractivity contribution in [2.45, 2.75) is 39.2 Å². The van der Waals surface area contributed by atoms with Crippen molar-refractivity contribution in [3.8, 4) is 5.75 Å². The van der Waals surface area contributed by atoms with E-state index in [0.29, 0.717) is 5.56 Å². The van der Waals surface area contributed by atoms with E-state index in [1.54, 1.807) is 13.1 Å². The minimum Gasteiger partial charge on any atom is -0.406 e. The van der Waals surface area contributed by atoms with Crippen LogP contribution in [0.15, 0.2) is 24.3 Å². The first-order chi connectivity index (χ1) is 10.1.